The molecule has 0 unspecified atom stereocenters. The van der Waals surface area contributed by atoms with E-state index in [1.165, 1.54) is 0 Å². The van der Waals surface area contributed by atoms with Crippen molar-refractivity contribution in [2.75, 3.05) is 19.7 Å². The van der Waals surface area contributed by atoms with Crippen LogP contribution in [0.25, 0.3) is 0 Å². The van der Waals surface area contributed by atoms with Crippen molar-refractivity contribution in [1.82, 2.24) is 20.2 Å². The highest BCUT2D eigenvalue weighted by atomic mass is 16.5. The van der Waals surface area contributed by atoms with Crippen molar-refractivity contribution in [2.24, 2.45) is 0 Å². The first-order valence-electron chi connectivity index (χ1n) is 6.98. The molecule has 2 heterocycles. The van der Waals surface area contributed by atoms with Crippen LogP contribution in [0.4, 0.5) is 4.79 Å². The second-order valence-electron chi connectivity index (χ2n) is 5.33. The summed E-state index contributed by atoms with van der Waals surface area (Å²) >= 11 is 0. The number of morpholine rings is 1. The lowest BCUT2D eigenvalue weighted by molar-refractivity contribution is -0.0872. The van der Waals surface area contributed by atoms with Gasteiger partial charge in [0.2, 0.25) is 0 Å². The van der Waals surface area contributed by atoms with Crippen molar-refractivity contribution in [3.63, 3.8) is 0 Å². The Morgan fingerprint density at radius 2 is 2.40 bits per heavy atom. The number of nitrogens with one attached hydrogen (secondary N) is 1. The molecule has 2 amide bonds. The molecule has 110 valence electrons. The van der Waals surface area contributed by atoms with E-state index in [0.717, 1.165) is 12.1 Å². The second kappa shape index (κ2) is 6.17. The first-order valence-corrected chi connectivity index (χ1v) is 6.98. The Balaban J connectivity index is 1.88. The predicted molar refractivity (Wildman–Crippen MR) is 75.2 cm³/mol. The van der Waals surface area contributed by atoms with E-state index in [1.807, 2.05) is 19.9 Å². The highest BCUT2D eigenvalue weighted by Gasteiger charge is 2.32. The van der Waals surface area contributed by atoms with Crippen LogP contribution < -0.4 is 5.32 Å². The Hall–Kier alpha value is -1.69. The van der Waals surface area contributed by atoms with Gasteiger partial charge in [0.1, 0.15) is 5.82 Å². The summed E-state index contributed by atoms with van der Waals surface area (Å²) in [6, 6.07) is 1.74. The predicted octanol–water partition coefficient (Wildman–Crippen LogP) is 1.50. The average Bonchev–Trinajstić information content (AvgIpc) is 2.45. The van der Waals surface area contributed by atoms with E-state index in [-0.39, 0.29) is 11.6 Å². The molecule has 0 bridgehead atoms. The molecule has 1 aromatic heterocycles. The van der Waals surface area contributed by atoms with E-state index < -0.39 is 0 Å². The number of ether oxygens (including phenoxy) is 1. The fraction of sp³-hybridized carbons (Fsp3) is 0.643. The molecule has 0 aromatic carbocycles. The zero-order valence-electron chi connectivity index (χ0n) is 12.3. The van der Waals surface area contributed by atoms with Gasteiger partial charge in [-0.05, 0) is 26.3 Å². The van der Waals surface area contributed by atoms with Crippen LogP contribution in [0.3, 0.4) is 0 Å². The molecule has 1 fully saturated rings. The molecule has 0 radical (unpaired) electrons. The molecule has 1 aliphatic rings. The SMILES string of the molecule is CC[C@]1(C)CN(C(=O)NCc2ccnc(C)n2)CCO1. The Labute approximate surface area is 119 Å². The standard InChI is InChI=1S/C14H22N4O2/c1-4-14(3)10-18(7-8-20-14)13(19)16-9-12-5-6-15-11(2)17-12/h5-6H,4,7-10H2,1-3H3,(H,16,19)/t14-/m1/s1. The Morgan fingerprint density at radius 3 is 3.10 bits per heavy atom. The van der Waals surface area contributed by atoms with Crippen LogP contribution in [0.2, 0.25) is 0 Å². The van der Waals surface area contributed by atoms with E-state index in [4.69, 9.17) is 4.74 Å². The molecular formula is C14H22N4O2. The van der Waals surface area contributed by atoms with Crippen molar-refractivity contribution in [2.45, 2.75) is 39.3 Å². The van der Waals surface area contributed by atoms with Gasteiger partial charge in [0.15, 0.2) is 0 Å². The van der Waals surface area contributed by atoms with Gasteiger partial charge in [0.25, 0.3) is 0 Å². The Kier molecular flexibility index (Phi) is 4.54. The molecular weight excluding hydrogens is 256 g/mol. The van der Waals surface area contributed by atoms with E-state index in [2.05, 4.69) is 22.2 Å². The van der Waals surface area contributed by atoms with Crippen molar-refractivity contribution in [3.05, 3.63) is 23.8 Å². The fourth-order valence-electron chi connectivity index (χ4n) is 2.20. The van der Waals surface area contributed by atoms with Crippen LogP contribution in [0.5, 0.6) is 0 Å². The zero-order valence-corrected chi connectivity index (χ0v) is 12.3. The molecule has 0 saturated carbocycles. The number of hydrogen-bond acceptors (Lipinski definition) is 4. The maximum Gasteiger partial charge on any atom is 0.317 e. The Bertz CT molecular complexity index is 480. The van der Waals surface area contributed by atoms with Crippen molar-refractivity contribution in [3.8, 4) is 0 Å². The molecule has 6 nitrogen and oxygen atoms in total. The summed E-state index contributed by atoms with van der Waals surface area (Å²) in [4.78, 5) is 22.3. The van der Waals surface area contributed by atoms with Crippen LogP contribution in [-0.2, 0) is 11.3 Å². The van der Waals surface area contributed by atoms with Crippen molar-refractivity contribution in [1.29, 1.82) is 0 Å². The third-order valence-corrected chi connectivity index (χ3v) is 3.63. The van der Waals surface area contributed by atoms with Crippen LogP contribution in [0.15, 0.2) is 12.3 Å². The lowest BCUT2D eigenvalue weighted by Crippen LogP contribution is -2.54. The molecule has 20 heavy (non-hydrogen) atoms. The zero-order chi connectivity index (χ0) is 14.6. The molecule has 6 heteroatoms. The second-order valence-corrected chi connectivity index (χ2v) is 5.33. The summed E-state index contributed by atoms with van der Waals surface area (Å²) in [5, 5.41) is 2.90. The molecule has 2 rings (SSSR count). The largest absolute Gasteiger partial charge is 0.372 e. The quantitative estimate of drug-likeness (QED) is 0.909. The number of hydrogen-bond donors (Lipinski definition) is 1. The van der Waals surface area contributed by atoms with Gasteiger partial charge < -0.3 is 15.0 Å². The fourth-order valence-corrected chi connectivity index (χ4v) is 2.20. The summed E-state index contributed by atoms with van der Waals surface area (Å²) in [7, 11) is 0. The van der Waals surface area contributed by atoms with Gasteiger partial charge >= 0.3 is 6.03 Å². The normalized spacial score (nSPS) is 22.6. The number of aryl methyl sites for hydroxylation is 1. The molecule has 1 aromatic rings. The first-order chi connectivity index (χ1) is 9.52. The summed E-state index contributed by atoms with van der Waals surface area (Å²) in [6.45, 7) is 8.21. The van der Waals surface area contributed by atoms with Gasteiger partial charge in [0, 0.05) is 12.7 Å². The van der Waals surface area contributed by atoms with E-state index in [9.17, 15) is 4.79 Å². The van der Waals surface area contributed by atoms with E-state index in [1.54, 1.807) is 11.1 Å². The topological polar surface area (TPSA) is 67.4 Å². The van der Waals surface area contributed by atoms with Gasteiger partial charge in [-0.25, -0.2) is 14.8 Å². The molecule has 1 saturated heterocycles. The monoisotopic (exact) mass is 278 g/mol. The van der Waals surface area contributed by atoms with Crippen LogP contribution in [-0.4, -0.2) is 46.2 Å². The molecule has 1 N–H and O–H groups in total. The maximum absolute atomic E-state index is 12.2. The van der Waals surface area contributed by atoms with Crippen molar-refractivity contribution < 1.29 is 9.53 Å². The average molecular weight is 278 g/mol. The highest BCUT2D eigenvalue weighted by Crippen LogP contribution is 2.20. The van der Waals surface area contributed by atoms with Gasteiger partial charge in [-0.2, -0.15) is 0 Å². The van der Waals surface area contributed by atoms with E-state index in [0.29, 0.717) is 32.1 Å². The summed E-state index contributed by atoms with van der Waals surface area (Å²) in [6.07, 6.45) is 2.59. The number of rotatable bonds is 3. The summed E-state index contributed by atoms with van der Waals surface area (Å²) in [5.74, 6) is 0.710. The lowest BCUT2D eigenvalue weighted by atomic mass is 10.0. The highest BCUT2D eigenvalue weighted by molar-refractivity contribution is 5.74. The van der Waals surface area contributed by atoms with Crippen LogP contribution >= 0.6 is 0 Å². The van der Waals surface area contributed by atoms with Gasteiger partial charge in [0.05, 0.1) is 31.0 Å². The number of nitrogens with zero attached hydrogens (tertiary/aromatic N) is 3. The first kappa shape index (κ1) is 14.7. The molecule has 1 atom stereocenters. The third kappa shape index (κ3) is 3.66. The van der Waals surface area contributed by atoms with Gasteiger partial charge in [-0.3, -0.25) is 0 Å². The molecule has 0 spiro atoms. The lowest BCUT2D eigenvalue weighted by Gasteiger charge is -2.39. The number of carbonyl (C=O) groups is 1. The molecule has 0 aliphatic carbocycles. The van der Waals surface area contributed by atoms with E-state index >= 15 is 0 Å². The molecule has 1 aliphatic heterocycles. The number of urea groups is 1. The summed E-state index contributed by atoms with van der Waals surface area (Å²) in [5.41, 5.74) is 0.582. The third-order valence-electron chi connectivity index (χ3n) is 3.63. The van der Waals surface area contributed by atoms with Crippen molar-refractivity contribution >= 4 is 6.03 Å². The Morgan fingerprint density at radius 1 is 1.60 bits per heavy atom. The van der Waals surface area contributed by atoms with Crippen LogP contribution in [0.1, 0.15) is 31.8 Å². The summed E-state index contributed by atoms with van der Waals surface area (Å²) < 4.78 is 5.73. The van der Waals surface area contributed by atoms with Gasteiger partial charge in [-0.15, -0.1) is 0 Å². The van der Waals surface area contributed by atoms with Gasteiger partial charge in [-0.1, -0.05) is 6.92 Å². The number of amides is 2. The number of aromatic nitrogens is 2. The maximum atomic E-state index is 12.2. The minimum absolute atomic E-state index is 0.0655. The number of carbonyl (C=O) groups excluding carboxylic acids is 1. The smallest absolute Gasteiger partial charge is 0.317 e. The minimum Gasteiger partial charge on any atom is -0.372 e. The van der Waals surface area contributed by atoms with Crippen LogP contribution in [0, 0.1) is 6.92 Å². The minimum atomic E-state index is -0.235.